The van der Waals surface area contributed by atoms with Crippen LogP contribution in [0, 0.1) is 5.82 Å². The van der Waals surface area contributed by atoms with Gasteiger partial charge in [-0.2, -0.15) is 0 Å². The molecule has 1 aromatic carbocycles. The molecule has 5 nitrogen and oxygen atoms in total. The summed E-state index contributed by atoms with van der Waals surface area (Å²) in [6, 6.07) is 5.52. The molecule has 0 unspecified atom stereocenters. The van der Waals surface area contributed by atoms with Gasteiger partial charge in [-0.1, -0.05) is 12.1 Å². The molecule has 1 aliphatic heterocycles. The number of nitrogens with zero attached hydrogens (tertiary/aromatic N) is 1. The van der Waals surface area contributed by atoms with E-state index >= 15 is 0 Å². The Bertz CT molecular complexity index is 513. The maximum Gasteiger partial charge on any atom is 0.215 e. The first-order valence-corrected chi connectivity index (χ1v) is 8.35. The van der Waals surface area contributed by atoms with E-state index in [-0.39, 0.29) is 11.6 Å². The fraction of sp³-hybridized carbons (Fsp3) is 0.538. The lowest BCUT2D eigenvalue weighted by molar-refractivity contribution is 0.245. The van der Waals surface area contributed by atoms with Crippen LogP contribution in [0.2, 0.25) is 0 Å². The highest BCUT2D eigenvalue weighted by Gasteiger charge is 2.13. The van der Waals surface area contributed by atoms with Gasteiger partial charge in [0, 0.05) is 39.3 Å². The average Bonchev–Trinajstić information content (AvgIpc) is 2.42. The van der Waals surface area contributed by atoms with Crippen molar-refractivity contribution in [3.8, 4) is 0 Å². The van der Waals surface area contributed by atoms with Crippen LogP contribution in [0.25, 0.3) is 0 Å². The molecule has 1 heterocycles. The third-order valence-electron chi connectivity index (χ3n) is 3.23. The van der Waals surface area contributed by atoms with Crippen molar-refractivity contribution >= 4 is 10.0 Å². The molecule has 20 heavy (non-hydrogen) atoms. The van der Waals surface area contributed by atoms with E-state index in [2.05, 4.69) is 14.9 Å². The van der Waals surface area contributed by atoms with Gasteiger partial charge < -0.3 is 5.32 Å². The Morgan fingerprint density at radius 3 is 2.50 bits per heavy atom. The van der Waals surface area contributed by atoms with Crippen LogP contribution >= 0.6 is 0 Å². The number of benzene rings is 1. The molecule has 1 fully saturated rings. The van der Waals surface area contributed by atoms with E-state index in [1.54, 1.807) is 0 Å². The van der Waals surface area contributed by atoms with E-state index in [4.69, 9.17) is 0 Å². The van der Waals surface area contributed by atoms with Crippen LogP contribution in [-0.2, 0) is 15.8 Å². The molecule has 2 N–H and O–H groups in total. The molecule has 0 spiro atoms. The lowest BCUT2D eigenvalue weighted by Gasteiger charge is -2.27. The van der Waals surface area contributed by atoms with Crippen LogP contribution in [0.3, 0.4) is 0 Å². The summed E-state index contributed by atoms with van der Waals surface area (Å²) in [6.07, 6.45) is 0. The van der Waals surface area contributed by atoms with Crippen molar-refractivity contribution in [1.82, 2.24) is 14.9 Å². The third kappa shape index (κ3) is 5.16. The molecule has 112 valence electrons. The molecular weight excluding hydrogens is 281 g/mol. The van der Waals surface area contributed by atoms with Gasteiger partial charge >= 0.3 is 0 Å². The summed E-state index contributed by atoms with van der Waals surface area (Å²) < 4.78 is 39.1. The van der Waals surface area contributed by atoms with Gasteiger partial charge in [0.2, 0.25) is 10.0 Å². The lowest BCUT2D eigenvalue weighted by atomic mass is 10.2. The fourth-order valence-corrected chi connectivity index (χ4v) is 3.28. The summed E-state index contributed by atoms with van der Waals surface area (Å²) >= 11 is 0. The van der Waals surface area contributed by atoms with Crippen molar-refractivity contribution in [1.29, 1.82) is 0 Å². The highest BCUT2D eigenvalue weighted by Crippen LogP contribution is 2.06. The number of hydrogen-bond acceptors (Lipinski definition) is 4. The second kappa shape index (κ2) is 7.12. The van der Waals surface area contributed by atoms with Crippen molar-refractivity contribution < 1.29 is 12.8 Å². The zero-order valence-electron chi connectivity index (χ0n) is 11.3. The largest absolute Gasteiger partial charge is 0.314 e. The molecule has 0 saturated carbocycles. The van der Waals surface area contributed by atoms with Crippen molar-refractivity contribution in [2.75, 3.05) is 39.3 Å². The zero-order valence-corrected chi connectivity index (χ0v) is 12.1. The summed E-state index contributed by atoms with van der Waals surface area (Å²) in [7, 11) is -3.36. The highest BCUT2D eigenvalue weighted by molar-refractivity contribution is 7.88. The van der Waals surface area contributed by atoms with Gasteiger partial charge in [0.15, 0.2) is 0 Å². The van der Waals surface area contributed by atoms with Gasteiger partial charge in [-0.05, 0) is 17.7 Å². The number of piperazine rings is 1. The van der Waals surface area contributed by atoms with Gasteiger partial charge in [-0.25, -0.2) is 17.5 Å². The molecular formula is C13H20FN3O2S. The fourth-order valence-electron chi connectivity index (χ4n) is 2.15. The van der Waals surface area contributed by atoms with Crippen LogP contribution in [0.15, 0.2) is 24.3 Å². The maximum atomic E-state index is 12.8. The number of sulfonamides is 1. The molecule has 1 aliphatic rings. The Balaban J connectivity index is 1.77. The first-order valence-electron chi connectivity index (χ1n) is 6.70. The number of nitrogens with one attached hydrogen (secondary N) is 2. The average molecular weight is 301 g/mol. The molecule has 0 amide bonds. The van der Waals surface area contributed by atoms with E-state index in [0.717, 1.165) is 26.2 Å². The van der Waals surface area contributed by atoms with E-state index in [9.17, 15) is 12.8 Å². The van der Waals surface area contributed by atoms with Gasteiger partial charge in [0.25, 0.3) is 0 Å². The Labute approximate surface area is 119 Å². The minimum atomic E-state index is -3.36. The van der Waals surface area contributed by atoms with Gasteiger partial charge in [-0.15, -0.1) is 0 Å². The van der Waals surface area contributed by atoms with Crippen LogP contribution in [0.4, 0.5) is 4.39 Å². The molecule has 1 saturated heterocycles. The van der Waals surface area contributed by atoms with Gasteiger partial charge in [0.1, 0.15) is 5.82 Å². The van der Waals surface area contributed by atoms with Crippen molar-refractivity contribution in [2.45, 2.75) is 5.75 Å². The minimum Gasteiger partial charge on any atom is -0.314 e. The molecule has 1 aromatic rings. The smallest absolute Gasteiger partial charge is 0.215 e. The minimum absolute atomic E-state index is 0.116. The monoisotopic (exact) mass is 301 g/mol. The van der Waals surface area contributed by atoms with Crippen LogP contribution in [0.5, 0.6) is 0 Å². The summed E-state index contributed by atoms with van der Waals surface area (Å²) in [5, 5.41) is 3.25. The Morgan fingerprint density at radius 1 is 1.20 bits per heavy atom. The predicted molar refractivity (Wildman–Crippen MR) is 76.3 cm³/mol. The summed E-state index contributed by atoms with van der Waals surface area (Å²) in [5.74, 6) is -0.479. The molecule has 0 aromatic heterocycles. The topological polar surface area (TPSA) is 61.4 Å². The summed E-state index contributed by atoms with van der Waals surface area (Å²) in [5.41, 5.74) is 0.584. The number of halogens is 1. The standard InChI is InChI=1S/C13H20FN3O2S/c14-13-3-1-12(2-4-13)11-20(18,19)16-7-10-17-8-5-15-6-9-17/h1-4,15-16H,5-11H2. The molecule has 7 heteroatoms. The van der Waals surface area contributed by atoms with E-state index < -0.39 is 10.0 Å². The van der Waals surface area contributed by atoms with E-state index in [0.29, 0.717) is 18.7 Å². The quantitative estimate of drug-likeness (QED) is 0.785. The Hall–Kier alpha value is -1.02. The first-order chi connectivity index (χ1) is 9.55. The van der Waals surface area contributed by atoms with Crippen LogP contribution in [0.1, 0.15) is 5.56 Å². The summed E-state index contributed by atoms with van der Waals surface area (Å²) in [6.45, 7) is 4.90. The molecule has 0 bridgehead atoms. The second-order valence-electron chi connectivity index (χ2n) is 4.87. The predicted octanol–water partition coefficient (Wildman–Crippen LogP) is 0.150. The summed E-state index contributed by atoms with van der Waals surface area (Å²) in [4.78, 5) is 2.22. The second-order valence-corrected chi connectivity index (χ2v) is 6.68. The molecule has 0 radical (unpaired) electrons. The van der Waals surface area contributed by atoms with Crippen molar-refractivity contribution in [3.05, 3.63) is 35.6 Å². The Morgan fingerprint density at radius 2 is 1.85 bits per heavy atom. The molecule has 2 rings (SSSR count). The SMILES string of the molecule is O=S(=O)(Cc1ccc(F)cc1)NCCN1CCNCC1. The third-order valence-corrected chi connectivity index (χ3v) is 4.59. The molecule has 0 aliphatic carbocycles. The van der Waals surface area contributed by atoms with Crippen LogP contribution < -0.4 is 10.0 Å². The van der Waals surface area contributed by atoms with Crippen LogP contribution in [-0.4, -0.2) is 52.6 Å². The van der Waals surface area contributed by atoms with Gasteiger partial charge in [-0.3, -0.25) is 4.90 Å². The maximum absolute atomic E-state index is 12.8. The highest BCUT2D eigenvalue weighted by atomic mass is 32.2. The Kier molecular flexibility index (Phi) is 5.47. The number of hydrogen-bond donors (Lipinski definition) is 2. The molecule has 0 atom stereocenters. The van der Waals surface area contributed by atoms with Gasteiger partial charge in [0.05, 0.1) is 5.75 Å². The lowest BCUT2D eigenvalue weighted by Crippen LogP contribution is -2.46. The van der Waals surface area contributed by atoms with E-state index in [1.165, 1.54) is 24.3 Å². The van der Waals surface area contributed by atoms with E-state index in [1.807, 2.05) is 0 Å². The first kappa shape index (κ1) is 15.4. The zero-order chi connectivity index (χ0) is 14.4. The van der Waals surface area contributed by atoms with Crippen molar-refractivity contribution in [3.63, 3.8) is 0 Å². The number of rotatable bonds is 6. The normalized spacial score (nSPS) is 17.2. The van der Waals surface area contributed by atoms with Crippen molar-refractivity contribution in [2.24, 2.45) is 0 Å².